The van der Waals surface area contributed by atoms with Gasteiger partial charge in [0, 0.05) is 18.4 Å². The van der Waals surface area contributed by atoms with Crippen LogP contribution in [0.4, 0.5) is 13.2 Å². The van der Waals surface area contributed by atoms with Gasteiger partial charge in [-0.3, -0.25) is 4.79 Å². The highest BCUT2D eigenvalue weighted by molar-refractivity contribution is 7.88. The predicted molar refractivity (Wildman–Crippen MR) is 69.3 cm³/mol. The summed E-state index contributed by atoms with van der Waals surface area (Å²) in [6.45, 7) is 2.51. The van der Waals surface area contributed by atoms with Crippen molar-refractivity contribution in [1.29, 1.82) is 0 Å². The molecule has 0 aliphatic heterocycles. The van der Waals surface area contributed by atoms with E-state index in [1.165, 1.54) is 25.4 Å². The normalized spacial score (nSPS) is 13.5. The van der Waals surface area contributed by atoms with Crippen LogP contribution in [-0.4, -0.2) is 26.8 Å². The molecule has 5 nitrogen and oxygen atoms in total. The van der Waals surface area contributed by atoms with Crippen molar-refractivity contribution in [2.45, 2.75) is 24.8 Å². The first-order valence-corrected chi connectivity index (χ1v) is 10.1. The molecule has 0 saturated heterocycles. The molecule has 11 heteroatoms. The van der Waals surface area contributed by atoms with E-state index in [-0.39, 0.29) is 11.2 Å². The van der Waals surface area contributed by atoms with Crippen LogP contribution in [0, 0.1) is 0 Å². The zero-order valence-corrected chi connectivity index (χ0v) is 13.0. The van der Waals surface area contributed by atoms with E-state index in [1.807, 2.05) is 0 Å². The number of aromatic nitrogens is 1. The number of pyridine rings is 1. The summed E-state index contributed by atoms with van der Waals surface area (Å²) in [5, 5.41) is 0.202. The minimum atomic E-state index is -5.69. The molecule has 1 rings (SSSR count). The maximum absolute atomic E-state index is 12.3. The van der Waals surface area contributed by atoms with Gasteiger partial charge in [-0.1, -0.05) is 11.6 Å². The van der Waals surface area contributed by atoms with Gasteiger partial charge in [0.25, 0.3) is 0 Å². The second kappa shape index (κ2) is 5.51. The van der Waals surface area contributed by atoms with E-state index in [0.717, 1.165) is 10.6 Å². The highest BCUT2D eigenvalue weighted by Crippen LogP contribution is 2.27. The van der Waals surface area contributed by atoms with Gasteiger partial charge in [-0.25, -0.2) is 0 Å². The monoisotopic (exact) mass is 349 g/mol. The standard InChI is InChI=1S/C9H11ClF3NO4SSi/c1-20(2,18-19(16,17)9(11,12)13)6-14-5-7(10)3-4-8(14)15/h3-5H,6H2,1-2H3. The van der Waals surface area contributed by atoms with E-state index < -0.39 is 29.5 Å². The topological polar surface area (TPSA) is 65.4 Å². The van der Waals surface area contributed by atoms with E-state index in [1.54, 1.807) is 0 Å². The number of hydrogen-bond acceptors (Lipinski definition) is 4. The summed E-state index contributed by atoms with van der Waals surface area (Å²) in [5.41, 5.74) is -6.00. The maximum Gasteiger partial charge on any atom is 0.522 e. The molecule has 0 aliphatic rings. The van der Waals surface area contributed by atoms with Crippen molar-refractivity contribution in [3.63, 3.8) is 0 Å². The van der Waals surface area contributed by atoms with E-state index in [2.05, 4.69) is 3.87 Å². The average Bonchev–Trinajstić information content (AvgIpc) is 2.19. The molecule has 0 aliphatic carbocycles. The molecule has 0 amide bonds. The number of nitrogens with zero attached hydrogens (tertiary/aromatic N) is 1. The first kappa shape index (κ1) is 17.2. The Kier molecular flexibility index (Phi) is 4.74. The van der Waals surface area contributed by atoms with Gasteiger partial charge in [-0.2, -0.15) is 21.6 Å². The maximum atomic E-state index is 12.3. The van der Waals surface area contributed by atoms with Crippen molar-refractivity contribution < 1.29 is 25.5 Å². The van der Waals surface area contributed by atoms with Gasteiger partial charge in [0.2, 0.25) is 13.9 Å². The molecule has 1 aromatic heterocycles. The second-order valence-electron chi connectivity index (χ2n) is 4.56. The molecule has 0 aromatic carbocycles. The molecule has 0 spiro atoms. The van der Waals surface area contributed by atoms with Crippen molar-refractivity contribution in [2.75, 3.05) is 0 Å². The lowest BCUT2D eigenvalue weighted by atomic mass is 10.5. The van der Waals surface area contributed by atoms with E-state index in [9.17, 15) is 26.4 Å². The fourth-order valence-corrected chi connectivity index (χ4v) is 5.62. The predicted octanol–water partition coefficient (Wildman–Crippen LogP) is 2.11. The summed E-state index contributed by atoms with van der Waals surface area (Å²) in [6, 6.07) is 2.45. The molecule has 1 heterocycles. The van der Waals surface area contributed by atoms with Crippen molar-refractivity contribution in [3.8, 4) is 0 Å². The Hall–Kier alpha value is -0.843. The molecule has 0 fully saturated rings. The van der Waals surface area contributed by atoms with Crippen LogP contribution in [0.2, 0.25) is 18.1 Å². The Morgan fingerprint density at radius 3 is 2.40 bits per heavy atom. The van der Waals surface area contributed by atoms with Crippen LogP contribution in [0.5, 0.6) is 0 Å². The zero-order valence-electron chi connectivity index (χ0n) is 10.4. The molecule has 0 saturated carbocycles. The first-order valence-electron chi connectivity index (χ1n) is 5.22. The van der Waals surface area contributed by atoms with E-state index >= 15 is 0 Å². The lowest BCUT2D eigenvalue weighted by Gasteiger charge is -2.23. The Bertz CT molecular complexity index is 656. The molecule has 0 radical (unpaired) electrons. The minimum absolute atomic E-state index is 0.202. The van der Waals surface area contributed by atoms with Crippen LogP contribution < -0.4 is 5.56 Å². The molecule has 0 atom stereocenters. The SMILES string of the molecule is C[Si](C)(Cn1cc(Cl)ccc1=O)OS(=O)(=O)C(F)(F)F. The second-order valence-corrected chi connectivity index (χ2v) is 10.9. The smallest absolute Gasteiger partial charge is 0.314 e. The van der Waals surface area contributed by atoms with Gasteiger partial charge in [-0.15, -0.1) is 0 Å². The summed E-state index contributed by atoms with van der Waals surface area (Å²) in [4.78, 5) is 11.5. The minimum Gasteiger partial charge on any atom is -0.314 e. The lowest BCUT2D eigenvalue weighted by Crippen LogP contribution is -2.44. The number of hydrogen-bond donors (Lipinski definition) is 0. The van der Waals surface area contributed by atoms with Gasteiger partial charge in [0.05, 0.1) is 5.02 Å². The zero-order chi connectivity index (χ0) is 15.8. The fraction of sp³-hybridized carbons (Fsp3) is 0.444. The highest BCUT2D eigenvalue weighted by atomic mass is 35.5. The molecular weight excluding hydrogens is 339 g/mol. The van der Waals surface area contributed by atoms with Crippen LogP contribution in [-0.2, 0) is 20.2 Å². The van der Waals surface area contributed by atoms with Crippen LogP contribution in [0.25, 0.3) is 0 Å². The van der Waals surface area contributed by atoms with Crippen LogP contribution in [0.1, 0.15) is 0 Å². The van der Waals surface area contributed by atoms with Crippen molar-refractivity contribution >= 4 is 30.0 Å². The average molecular weight is 350 g/mol. The van der Waals surface area contributed by atoms with Crippen molar-refractivity contribution in [2.24, 2.45) is 0 Å². The third-order valence-electron chi connectivity index (χ3n) is 2.12. The van der Waals surface area contributed by atoms with Crippen molar-refractivity contribution in [3.05, 3.63) is 33.7 Å². The Morgan fingerprint density at radius 2 is 1.90 bits per heavy atom. The molecule has 114 valence electrons. The third kappa shape index (κ3) is 4.33. The summed E-state index contributed by atoms with van der Waals surface area (Å²) in [7, 11) is -9.03. The van der Waals surface area contributed by atoms with Gasteiger partial charge >= 0.3 is 15.6 Å². The molecule has 0 bridgehead atoms. The van der Waals surface area contributed by atoms with Crippen LogP contribution in [0.15, 0.2) is 23.1 Å². The molecule has 0 N–H and O–H groups in total. The lowest BCUT2D eigenvalue weighted by molar-refractivity contribution is -0.0504. The first-order chi connectivity index (χ1) is 8.84. The van der Waals surface area contributed by atoms with E-state index in [4.69, 9.17) is 11.6 Å². The molecule has 20 heavy (non-hydrogen) atoms. The largest absolute Gasteiger partial charge is 0.522 e. The third-order valence-corrected chi connectivity index (χ3v) is 6.69. The van der Waals surface area contributed by atoms with Gasteiger partial charge in [0.1, 0.15) is 0 Å². The quantitative estimate of drug-likeness (QED) is 0.617. The van der Waals surface area contributed by atoms with Crippen LogP contribution >= 0.6 is 11.6 Å². The number of rotatable bonds is 4. The van der Waals surface area contributed by atoms with Gasteiger partial charge in [-0.05, 0) is 19.2 Å². The Balaban J connectivity index is 3.02. The summed E-state index contributed by atoms with van der Waals surface area (Å²) in [6.07, 6.45) is 0.934. The number of halogens is 4. The van der Waals surface area contributed by atoms with Gasteiger partial charge < -0.3 is 8.44 Å². The summed E-state index contributed by atoms with van der Waals surface area (Å²) >= 11 is 5.67. The Morgan fingerprint density at radius 1 is 1.35 bits per heavy atom. The molecule has 0 unspecified atom stereocenters. The Labute approximate surface area is 119 Å². The molecular formula is C9H11ClF3NO4SSi. The highest BCUT2D eigenvalue weighted by Gasteiger charge is 2.50. The van der Waals surface area contributed by atoms with E-state index in [0.29, 0.717) is 0 Å². The summed E-state index contributed by atoms with van der Waals surface area (Å²) < 4.78 is 64.1. The van der Waals surface area contributed by atoms with Gasteiger partial charge in [0.15, 0.2) is 0 Å². The summed E-state index contributed by atoms with van der Waals surface area (Å²) in [5.74, 6) is 0. The fourth-order valence-electron chi connectivity index (χ4n) is 1.41. The van der Waals surface area contributed by atoms with Crippen molar-refractivity contribution in [1.82, 2.24) is 4.57 Å². The van der Waals surface area contributed by atoms with Crippen LogP contribution in [0.3, 0.4) is 0 Å². The molecule has 1 aromatic rings. The number of alkyl halides is 3.